The molecule has 0 saturated carbocycles. The van der Waals surface area contributed by atoms with E-state index in [1.807, 2.05) is 12.2 Å². The van der Waals surface area contributed by atoms with E-state index in [1.165, 1.54) is 11.1 Å². The molecule has 0 fully saturated rings. The molecule has 0 saturated heterocycles. The van der Waals surface area contributed by atoms with Crippen LogP contribution in [0, 0.1) is 0 Å². The summed E-state index contributed by atoms with van der Waals surface area (Å²) in [6.07, 6.45) is 4.42. The minimum Gasteiger partial charge on any atom is -0.389 e. The normalized spacial score (nSPS) is 25.2. The van der Waals surface area contributed by atoms with Gasteiger partial charge in [0.25, 0.3) is 0 Å². The Balaban J connectivity index is 2.71. The van der Waals surface area contributed by atoms with Gasteiger partial charge in [0.2, 0.25) is 0 Å². The molecular formula is C8H12O. The lowest BCUT2D eigenvalue weighted by atomic mass is 10.1. The Hall–Kier alpha value is -0.560. The van der Waals surface area contributed by atoms with Crippen LogP contribution >= 0.6 is 0 Å². The third-order valence-corrected chi connectivity index (χ3v) is 1.59. The average Bonchev–Trinajstić information content (AvgIpc) is 2.14. The second-order valence-electron chi connectivity index (χ2n) is 2.66. The van der Waals surface area contributed by atoms with Crippen molar-refractivity contribution >= 4 is 0 Å². The Morgan fingerprint density at radius 2 is 2.33 bits per heavy atom. The lowest BCUT2D eigenvalue weighted by molar-refractivity contribution is 0.230. The minimum absolute atomic E-state index is 0.227. The Labute approximate surface area is 55.7 Å². The van der Waals surface area contributed by atoms with Crippen LogP contribution in [0.5, 0.6) is 0 Å². The van der Waals surface area contributed by atoms with Crippen molar-refractivity contribution in [1.29, 1.82) is 0 Å². The molecule has 1 atom stereocenters. The number of allylic oxidation sites excluding steroid dienone is 2. The Kier molecular flexibility index (Phi) is 1.72. The molecule has 1 aliphatic carbocycles. The van der Waals surface area contributed by atoms with Gasteiger partial charge in [-0.2, -0.15) is 0 Å². The van der Waals surface area contributed by atoms with Crippen molar-refractivity contribution in [2.75, 3.05) is 0 Å². The van der Waals surface area contributed by atoms with E-state index >= 15 is 0 Å². The molecule has 1 N–H and O–H groups in total. The highest BCUT2D eigenvalue weighted by molar-refractivity contribution is 5.30. The number of rotatable bonds is 0. The molecule has 9 heavy (non-hydrogen) atoms. The molecule has 1 aliphatic rings. The number of aliphatic hydroxyl groups is 1. The van der Waals surface area contributed by atoms with Gasteiger partial charge >= 0.3 is 0 Å². The van der Waals surface area contributed by atoms with E-state index in [2.05, 4.69) is 13.8 Å². The quantitative estimate of drug-likeness (QED) is 0.520. The lowest BCUT2D eigenvalue weighted by Crippen LogP contribution is -1.95. The smallest absolute Gasteiger partial charge is 0.0764 e. The molecule has 0 heterocycles. The molecular weight excluding hydrogens is 112 g/mol. The highest BCUT2D eigenvalue weighted by Crippen LogP contribution is 2.19. The van der Waals surface area contributed by atoms with Crippen LogP contribution in [0.15, 0.2) is 23.3 Å². The maximum atomic E-state index is 9.03. The molecule has 1 nitrogen and oxygen atoms in total. The number of hydrogen-bond donors (Lipinski definition) is 1. The summed E-state index contributed by atoms with van der Waals surface area (Å²) in [5.74, 6) is 0. The van der Waals surface area contributed by atoms with Crippen molar-refractivity contribution in [3.63, 3.8) is 0 Å². The molecule has 0 spiro atoms. The van der Waals surface area contributed by atoms with E-state index in [9.17, 15) is 0 Å². The third kappa shape index (κ3) is 1.42. The Morgan fingerprint density at radius 1 is 1.67 bits per heavy atom. The van der Waals surface area contributed by atoms with Crippen LogP contribution in [0.4, 0.5) is 0 Å². The van der Waals surface area contributed by atoms with Crippen LogP contribution in [0.3, 0.4) is 0 Å². The van der Waals surface area contributed by atoms with Gasteiger partial charge in [0.1, 0.15) is 0 Å². The maximum absolute atomic E-state index is 9.03. The standard InChI is InChI=1S/C8H12O/c1-6(2)7-3-4-8(9)5-7/h3-4,8-9H,5H2,1-2H3/t8-/m1/s1. The van der Waals surface area contributed by atoms with Crippen LogP contribution in [-0.4, -0.2) is 11.2 Å². The summed E-state index contributed by atoms with van der Waals surface area (Å²) in [5, 5.41) is 9.03. The third-order valence-electron chi connectivity index (χ3n) is 1.59. The second kappa shape index (κ2) is 2.36. The van der Waals surface area contributed by atoms with E-state index < -0.39 is 0 Å². The molecule has 1 rings (SSSR count). The Bertz CT molecular complexity index is 161. The van der Waals surface area contributed by atoms with E-state index in [0.717, 1.165) is 6.42 Å². The first-order chi connectivity index (χ1) is 4.20. The summed E-state index contributed by atoms with van der Waals surface area (Å²) >= 11 is 0. The van der Waals surface area contributed by atoms with Gasteiger partial charge in [-0.15, -0.1) is 0 Å². The van der Waals surface area contributed by atoms with Gasteiger partial charge in [-0.1, -0.05) is 17.7 Å². The highest BCUT2D eigenvalue weighted by Gasteiger charge is 2.09. The molecule has 0 radical (unpaired) electrons. The average molecular weight is 124 g/mol. The Morgan fingerprint density at radius 3 is 2.56 bits per heavy atom. The second-order valence-corrected chi connectivity index (χ2v) is 2.66. The van der Waals surface area contributed by atoms with Gasteiger partial charge in [0.15, 0.2) is 0 Å². The first kappa shape index (κ1) is 6.56. The summed E-state index contributed by atoms with van der Waals surface area (Å²) in [4.78, 5) is 0. The summed E-state index contributed by atoms with van der Waals surface area (Å²) in [7, 11) is 0. The molecule has 50 valence electrons. The molecule has 0 aromatic heterocycles. The molecule has 0 aromatic carbocycles. The van der Waals surface area contributed by atoms with Gasteiger partial charge in [-0.25, -0.2) is 0 Å². The zero-order chi connectivity index (χ0) is 6.85. The maximum Gasteiger partial charge on any atom is 0.0764 e. The van der Waals surface area contributed by atoms with Crippen molar-refractivity contribution in [1.82, 2.24) is 0 Å². The van der Waals surface area contributed by atoms with Crippen molar-refractivity contribution < 1.29 is 5.11 Å². The predicted molar refractivity (Wildman–Crippen MR) is 38.1 cm³/mol. The molecule has 1 heteroatoms. The number of hydrogen-bond acceptors (Lipinski definition) is 1. The van der Waals surface area contributed by atoms with Crippen LogP contribution in [-0.2, 0) is 0 Å². The topological polar surface area (TPSA) is 20.2 Å². The minimum atomic E-state index is -0.227. The largest absolute Gasteiger partial charge is 0.389 e. The van der Waals surface area contributed by atoms with Gasteiger partial charge in [0, 0.05) is 6.42 Å². The van der Waals surface area contributed by atoms with Crippen molar-refractivity contribution in [3.05, 3.63) is 23.3 Å². The summed E-state index contributed by atoms with van der Waals surface area (Å²) in [5.41, 5.74) is 2.59. The molecule has 0 aromatic rings. The van der Waals surface area contributed by atoms with Crippen molar-refractivity contribution in [3.8, 4) is 0 Å². The van der Waals surface area contributed by atoms with E-state index in [4.69, 9.17) is 5.11 Å². The fourth-order valence-corrected chi connectivity index (χ4v) is 0.959. The SMILES string of the molecule is CC(C)=C1C=C[C@@H](O)C1. The van der Waals surface area contributed by atoms with Crippen LogP contribution in [0.25, 0.3) is 0 Å². The van der Waals surface area contributed by atoms with Gasteiger partial charge in [0.05, 0.1) is 6.10 Å². The van der Waals surface area contributed by atoms with E-state index in [1.54, 1.807) is 0 Å². The first-order valence-corrected chi connectivity index (χ1v) is 3.23. The highest BCUT2D eigenvalue weighted by atomic mass is 16.3. The monoisotopic (exact) mass is 124 g/mol. The van der Waals surface area contributed by atoms with E-state index in [-0.39, 0.29) is 6.10 Å². The molecule has 0 amide bonds. The van der Waals surface area contributed by atoms with Gasteiger partial charge in [-0.05, 0) is 19.4 Å². The number of aliphatic hydroxyl groups excluding tert-OH is 1. The fraction of sp³-hybridized carbons (Fsp3) is 0.500. The fourth-order valence-electron chi connectivity index (χ4n) is 0.959. The van der Waals surface area contributed by atoms with Crippen LogP contribution < -0.4 is 0 Å². The summed E-state index contributed by atoms with van der Waals surface area (Å²) < 4.78 is 0. The van der Waals surface area contributed by atoms with Crippen molar-refractivity contribution in [2.24, 2.45) is 0 Å². The van der Waals surface area contributed by atoms with Crippen LogP contribution in [0.1, 0.15) is 20.3 Å². The summed E-state index contributed by atoms with van der Waals surface area (Å²) in [6.45, 7) is 4.13. The van der Waals surface area contributed by atoms with Gasteiger partial charge < -0.3 is 5.11 Å². The zero-order valence-corrected chi connectivity index (χ0v) is 5.89. The van der Waals surface area contributed by atoms with E-state index in [0.29, 0.717) is 0 Å². The molecule has 0 unspecified atom stereocenters. The van der Waals surface area contributed by atoms with Crippen molar-refractivity contribution in [2.45, 2.75) is 26.4 Å². The summed E-state index contributed by atoms with van der Waals surface area (Å²) in [6, 6.07) is 0. The first-order valence-electron chi connectivity index (χ1n) is 3.23. The zero-order valence-electron chi connectivity index (χ0n) is 5.89. The lowest BCUT2D eigenvalue weighted by Gasteiger charge is -1.98. The van der Waals surface area contributed by atoms with Crippen LogP contribution in [0.2, 0.25) is 0 Å². The molecule has 0 aliphatic heterocycles. The predicted octanol–water partition coefficient (Wildman–Crippen LogP) is 1.64. The van der Waals surface area contributed by atoms with Gasteiger partial charge in [-0.3, -0.25) is 0 Å². The molecule has 0 bridgehead atoms.